The number of nitrogens with one attached hydrogen (secondary N) is 2. The highest BCUT2D eigenvalue weighted by Crippen LogP contribution is 2.43. The Morgan fingerprint density at radius 2 is 1.85 bits per heavy atom. The molecule has 1 saturated carbocycles. The first kappa shape index (κ1) is 26.0. The van der Waals surface area contributed by atoms with Crippen molar-refractivity contribution in [1.82, 2.24) is 34.9 Å². The fourth-order valence-electron chi connectivity index (χ4n) is 6.61. The highest BCUT2D eigenvalue weighted by molar-refractivity contribution is 7.22. The van der Waals surface area contributed by atoms with E-state index in [0.29, 0.717) is 17.6 Å². The molecule has 1 aromatic carbocycles. The highest BCUT2D eigenvalue weighted by atomic mass is 35.5. The van der Waals surface area contributed by atoms with Gasteiger partial charge in [0.05, 0.1) is 26.7 Å². The molecule has 0 bridgehead atoms. The zero-order chi connectivity index (χ0) is 27.3. The molecule has 2 aliphatic carbocycles. The molecule has 9 nitrogen and oxygen atoms in total. The zero-order valence-electron chi connectivity index (χ0n) is 22.6. The number of benzene rings is 1. The van der Waals surface area contributed by atoms with E-state index in [9.17, 15) is 0 Å². The van der Waals surface area contributed by atoms with Crippen molar-refractivity contribution in [1.29, 1.82) is 0 Å². The molecule has 1 saturated heterocycles. The largest absolute Gasteiger partial charge is 0.349 e. The van der Waals surface area contributed by atoms with Gasteiger partial charge < -0.3 is 16.0 Å². The summed E-state index contributed by atoms with van der Waals surface area (Å²) in [7, 11) is 2.22. The van der Waals surface area contributed by atoms with Gasteiger partial charge in [0.1, 0.15) is 12.0 Å². The summed E-state index contributed by atoms with van der Waals surface area (Å²) in [5, 5.41) is 13.8. The number of piperazine rings is 1. The maximum atomic E-state index is 6.97. The van der Waals surface area contributed by atoms with Crippen molar-refractivity contribution in [3.8, 4) is 0 Å². The minimum Gasteiger partial charge on any atom is -0.349 e. The van der Waals surface area contributed by atoms with Crippen LogP contribution in [0.15, 0.2) is 55.0 Å². The maximum absolute atomic E-state index is 6.97. The lowest BCUT2D eigenvalue weighted by Crippen LogP contribution is -2.52. The molecule has 0 amide bonds. The molecule has 11 heteroatoms. The number of halogens is 1. The first-order valence-corrected chi connectivity index (χ1v) is 15.2. The third-order valence-electron chi connectivity index (χ3n) is 9.02. The number of fused-ring (bicyclic) bond motifs is 2. The standard InChI is InChI=1S/C29H34ClN9S/c1-38-12-14-39(15-13-38)21-5-2-19(3-6-21)29(35-27-34-23-7-4-20(30)16-24(23)40-27)10-8-28(31,9-11-29)25-22-17-32-18-33-26(22)37-36-25/h4,7-11,16-19,21H,2-3,5-6,12-15,31H2,1H3,(H,34,35)(H,32,33,36,37)/t19?,21?,28-,29-. The van der Waals surface area contributed by atoms with E-state index < -0.39 is 11.1 Å². The van der Waals surface area contributed by atoms with Gasteiger partial charge in [-0.15, -0.1) is 0 Å². The predicted molar refractivity (Wildman–Crippen MR) is 162 cm³/mol. The second kappa shape index (κ2) is 10.2. The molecule has 2 fully saturated rings. The van der Waals surface area contributed by atoms with Gasteiger partial charge in [0, 0.05) is 43.4 Å². The summed E-state index contributed by atoms with van der Waals surface area (Å²) in [4.78, 5) is 18.5. The lowest BCUT2D eigenvalue weighted by atomic mass is 9.69. The minimum absolute atomic E-state index is 0.406. The molecule has 1 aliphatic heterocycles. The number of nitrogens with two attached hydrogens (primary N) is 1. The molecular formula is C29H34ClN9S. The molecule has 4 aromatic rings. The Bertz CT molecular complexity index is 1560. The zero-order valence-corrected chi connectivity index (χ0v) is 24.1. The van der Waals surface area contributed by atoms with E-state index in [1.165, 1.54) is 32.3 Å². The summed E-state index contributed by atoms with van der Waals surface area (Å²) in [6.07, 6.45) is 16.6. The van der Waals surface area contributed by atoms with Gasteiger partial charge in [-0.05, 0) is 56.8 Å². The van der Waals surface area contributed by atoms with Crippen molar-refractivity contribution >= 4 is 49.3 Å². The van der Waals surface area contributed by atoms with Crippen LogP contribution in [-0.2, 0) is 5.54 Å². The van der Waals surface area contributed by atoms with Gasteiger partial charge in [-0.2, -0.15) is 5.10 Å². The van der Waals surface area contributed by atoms with E-state index in [0.717, 1.165) is 57.4 Å². The number of rotatable bonds is 5. The van der Waals surface area contributed by atoms with E-state index in [-0.39, 0.29) is 0 Å². The number of anilines is 1. The number of hydrogen-bond donors (Lipinski definition) is 3. The van der Waals surface area contributed by atoms with Crippen LogP contribution in [-0.4, -0.2) is 79.8 Å². The Morgan fingerprint density at radius 1 is 1.07 bits per heavy atom. The van der Waals surface area contributed by atoms with Crippen LogP contribution in [0.2, 0.25) is 5.02 Å². The highest BCUT2D eigenvalue weighted by Gasteiger charge is 2.43. The van der Waals surface area contributed by atoms with Gasteiger partial charge in [-0.25, -0.2) is 15.0 Å². The molecule has 0 unspecified atom stereocenters. The Kier molecular flexibility index (Phi) is 6.63. The second-order valence-corrected chi connectivity index (χ2v) is 13.0. The average Bonchev–Trinajstić information content (AvgIpc) is 3.59. The van der Waals surface area contributed by atoms with E-state index in [1.807, 2.05) is 18.2 Å². The average molecular weight is 576 g/mol. The molecule has 7 rings (SSSR count). The number of aromatic amines is 1. The molecule has 0 radical (unpaired) electrons. The van der Waals surface area contributed by atoms with Gasteiger partial charge in [-0.1, -0.05) is 47.2 Å². The number of likely N-dealkylation sites (N-methyl/N-ethyl adjacent to an activating group) is 1. The first-order valence-electron chi connectivity index (χ1n) is 14.0. The fraction of sp³-hybridized carbons (Fsp3) is 0.448. The van der Waals surface area contributed by atoms with Crippen LogP contribution in [0, 0.1) is 5.92 Å². The number of thiazole rings is 1. The van der Waals surface area contributed by atoms with Crippen molar-refractivity contribution < 1.29 is 0 Å². The van der Waals surface area contributed by atoms with Crippen LogP contribution in [0.25, 0.3) is 21.3 Å². The lowest BCUT2D eigenvalue weighted by Gasteiger charge is -2.46. The third-order valence-corrected chi connectivity index (χ3v) is 10.2. The van der Waals surface area contributed by atoms with Gasteiger partial charge in [0.15, 0.2) is 10.8 Å². The van der Waals surface area contributed by atoms with Crippen molar-refractivity contribution in [2.45, 2.75) is 42.8 Å². The van der Waals surface area contributed by atoms with Crippen LogP contribution in [0.4, 0.5) is 5.13 Å². The predicted octanol–water partition coefficient (Wildman–Crippen LogP) is 4.55. The van der Waals surface area contributed by atoms with Crippen LogP contribution in [0.1, 0.15) is 31.4 Å². The molecule has 4 N–H and O–H groups in total. The van der Waals surface area contributed by atoms with Crippen LogP contribution in [0.5, 0.6) is 0 Å². The van der Waals surface area contributed by atoms with Crippen molar-refractivity contribution in [2.24, 2.45) is 11.7 Å². The van der Waals surface area contributed by atoms with Crippen LogP contribution in [0.3, 0.4) is 0 Å². The number of H-pyrrole nitrogens is 1. The Balaban J connectivity index is 1.18. The number of nitrogens with zero attached hydrogens (tertiary/aromatic N) is 6. The SMILES string of the molecule is CN1CCN(C2CCC([C@]3(Nc4nc5ccc(Cl)cc5s4)C=C[C@@](N)(c4n[nH]c5ncncc54)C=C3)CC2)CC1. The number of hydrogen-bond acceptors (Lipinski definition) is 9. The molecule has 0 atom stereocenters. The summed E-state index contributed by atoms with van der Waals surface area (Å²) < 4.78 is 1.07. The molecule has 40 heavy (non-hydrogen) atoms. The van der Waals surface area contributed by atoms with Gasteiger partial charge >= 0.3 is 0 Å². The summed E-state index contributed by atoms with van der Waals surface area (Å²) in [5.41, 5.74) is 8.04. The minimum atomic E-state index is -0.869. The summed E-state index contributed by atoms with van der Waals surface area (Å²) >= 11 is 7.91. The van der Waals surface area contributed by atoms with Crippen molar-refractivity contribution in [3.05, 3.63) is 65.7 Å². The van der Waals surface area contributed by atoms with Gasteiger partial charge in [0.25, 0.3) is 0 Å². The Labute approximate surface area is 242 Å². The smallest absolute Gasteiger partial charge is 0.184 e. The third kappa shape index (κ3) is 4.71. The first-order chi connectivity index (χ1) is 19.4. The monoisotopic (exact) mass is 575 g/mol. The van der Waals surface area contributed by atoms with Gasteiger partial charge in [-0.3, -0.25) is 10.00 Å². The van der Waals surface area contributed by atoms with E-state index in [4.69, 9.17) is 22.3 Å². The molecular weight excluding hydrogens is 542 g/mol. The van der Waals surface area contributed by atoms with E-state index in [2.05, 4.69) is 66.6 Å². The van der Waals surface area contributed by atoms with Crippen LogP contribution < -0.4 is 11.1 Å². The quantitative estimate of drug-likeness (QED) is 0.297. The summed E-state index contributed by atoms with van der Waals surface area (Å²) in [6, 6.07) is 6.52. The Morgan fingerprint density at radius 3 is 2.62 bits per heavy atom. The summed E-state index contributed by atoms with van der Waals surface area (Å²) in [6.45, 7) is 4.65. The molecule has 4 heterocycles. The second-order valence-electron chi connectivity index (χ2n) is 11.5. The van der Waals surface area contributed by atoms with Gasteiger partial charge in [0.2, 0.25) is 0 Å². The van der Waals surface area contributed by atoms with Crippen molar-refractivity contribution in [2.75, 3.05) is 38.5 Å². The molecule has 208 valence electrons. The van der Waals surface area contributed by atoms with E-state index in [1.54, 1.807) is 17.5 Å². The molecule has 3 aliphatic rings. The number of aromatic nitrogens is 5. The molecule has 3 aromatic heterocycles. The fourth-order valence-corrected chi connectivity index (χ4v) is 7.83. The lowest BCUT2D eigenvalue weighted by molar-refractivity contribution is 0.0772. The normalized spacial score (nSPS) is 29.9. The summed E-state index contributed by atoms with van der Waals surface area (Å²) in [5.74, 6) is 0.406. The van der Waals surface area contributed by atoms with E-state index >= 15 is 0 Å². The van der Waals surface area contributed by atoms with Crippen molar-refractivity contribution in [3.63, 3.8) is 0 Å². The van der Waals surface area contributed by atoms with Crippen LogP contribution >= 0.6 is 22.9 Å². The topological polar surface area (TPSA) is 112 Å². The maximum Gasteiger partial charge on any atom is 0.184 e. The molecule has 0 spiro atoms. The Hall–Kier alpha value is -2.89.